The lowest BCUT2D eigenvalue weighted by atomic mass is 9.78. The van der Waals surface area contributed by atoms with E-state index in [1.54, 1.807) is 0 Å². The summed E-state index contributed by atoms with van der Waals surface area (Å²) in [6, 6.07) is 0.826. The normalized spacial score (nSPS) is 30.5. The van der Waals surface area contributed by atoms with Crippen LogP contribution in [0.3, 0.4) is 0 Å². The molecule has 2 saturated heterocycles. The fourth-order valence-corrected chi connectivity index (χ4v) is 3.94. The molecule has 3 atom stereocenters. The maximum Gasteiger partial charge on any atom is 0.410 e. The zero-order valence-electron chi connectivity index (χ0n) is 14.0. The van der Waals surface area contributed by atoms with Gasteiger partial charge in [-0.15, -0.1) is 0 Å². The van der Waals surface area contributed by atoms with Crippen LogP contribution in [0, 0.1) is 11.3 Å². The number of ether oxygens (including phenoxy) is 1. The topological polar surface area (TPSA) is 29.5 Å². The highest BCUT2D eigenvalue weighted by molar-refractivity contribution is 5.69. The zero-order valence-corrected chi connectivity index (χ0v) is 14.0. The molecule has 2 aliphatic heterocycles. The van der Waals surface area contributed by atoms with Crippen molar-refractivity contribution < 1.29 is 9.53 Å². The average Bonchev–Trinajstić information content (AvgIpc) is 2.46. The monoisotopic (exact) mass is 281 g/mol. The van der Waals surface area contributed by atoms with Gasteiger partial charge in [-0.05, 0) is 64.2 Å². The lowest BCUT2D eigenvalue weighted by Gasteiger charge is -2.41. The molecule has 3 heteroatoms. The molecule has 1 amide bonds. The number of carbonyl (C=O) groups excluding carboxylic acids is 1. The molecule has 0 aliphatic carbocycles. The third-order valence-electron chi connectivity index (χ3n) is 4.34. The quantitative estimate of drug-likeness (QED) is 0.703. The Morgan fingerprint density at radius 3 is 1.95 bits per heavy atom. The van der Waals surface area contributed by atoms with Crippen molar-refractivity contribution >= 4 is 6.09 Å². The van der Waals surface area contributed by atoms with Crippen LogP contribution in [0.2, 0.25) is 0 Å². The first kappa shape index (κ1) is 15.7. The minimum Gasteiger partial charge on any atom is -0.444 e. The van der Waals surface area contributed by atoms with E-state index < -0.39 is 5.60 Å². The Hall–Kier alpha value is -0.730. The number of hydrogen-bond acceptors (Lipinski definition) is 2. The molecule has 2 rings (SSSR count). The second-order valence-electron chi connectivity index (χ2n) is 8.87. The second-order valence-corrected chi connectivity index (χ2v) is 8.87. The van der Waals surface area contributed by atoms with E-state index in [-0.39, 0.29) is 6.09 Å². The van der Waals surface area contributed by atoms with Crippen molar-refractivity contribution in [1.29, 1.82) is 0 Å². The third-order valence-corrected chi connectivity index (χ3v) is 4.34. The van der Waals surface area contributed by atoms with Gasteiger partial charge in [-0.2, -0.15) is 0 Å². The second kappa shape index (κ2) is 5.23. The predicted octanol–water partition coefficient (Wildman–Crippen LogP) is 4.60. The Labute approximate surface area is 124 Å². The van der Waals surface area contributed by atoms with Crippen LogP contribution in [0.5, 0.6) is 0 Å². The van der Waals surface area contributed by atoms with Gasteiger partial charge < -0.3 is 9.64 Å². The van der Waals surface area contributed by atoms with Gasteiger partial charge in [-0.3, -0.25) is 0 Å². The highest BCUT2D eigenvalue weighted by Gasteiger charge is 2.45. The van der Waals surface area contributed by atoms with Crippen molar-refractivity contribution in [3.8, 4) is 0 Å². The molecule has 2 heterocycles. The first-order valence-electron chi connectivity index (χ1n) is 8.06. The van der Waals surface area contributed by atoms with Crippen molar-refractivity contribution in [3.63, 3.8) is 0 Å². The smallest absolute Gasteiger partial charge is 0.410 e. The summed E-state index contributed by atoms with van der Waals surface area (Å²) in [5, 5.41) is 0. The van der Waals surface area contributed by atoms with E-state index >= 15 is 0 Å². The van der Waals surface area contributed by atoms with Crippen LogP contribution >= 0.6 is 0 Å². The van der Waals surface area contributed by atoms with Crippen LogP contribution in [0.25, 0.3) is 0 Å². The molecule has 2 aliphatic rings. The van der Waals surface area contributed by atoms with Gasteiger partial charge in [0, 0.05) is 12.1 Å². The van der Waals surface area contributed by atoms with Gasteiger partial charge in [0.05, 0.1) is 0 Å². The van der Waals surface area contributed by atoms with Crippen LogP contribution in [-0.4, -0.2) is 28.7 Å². The summed E-state index contributed by atoms with van der Waals surface area (Å²) in [6.45, 7) is 12.8. The van der Waals surface area contributed by atoms with Crippen LogP contribution in [0.15, 0.2) is 0 Å². The molecule has 3 nitrogen and oxygen atoms in total. The van der Waals surface area contributed by atoms with Gasteiger partial charge >= 0.3 is 6.09 Å². The molecule has 0 aromatic heterocycles. The van der Waals surface area contributed by atoms with Crippen LogP contribution in [-0.2, 0) is 4.74 Å². The van der Waals surface area contributed by atoms with Gasteiger partial charge in [0.25, 0.3) is 0 Å². The Balaban J connectivity index is 1.98. The molecule has 0 saturated carbocycles. The summed E-state index contributed by atoms with van der Waals surface area (Å²) in [5.41, 5.74) is -0.00300. The summed E-state index contributed by atoms with van der Waals surface area (Å²) < 4.78 is 5.58. The summed E-state index contributed by atoms with van der Waals surface area (Å²) in [7, 11) is 0. The van der Waals surface area contributed by atoms with Gasteiger partial charge in [0.15, 0.2) is 0 Å². The maximum atomic E-state index is 12.4. The average molecular weight is 281 g/mol. The van der Waals surface area contributed by atoms with E-state index in [2.05, 4.69) is 20.8 Å². The Bertz CT molecular complexity index is 350. The minimum atomic E-state index is -0.390. The fraction of sp³-hybridized carbons (Fsp3) is 0.941. The molecule has 2 fully saturated rings. The van der Waals surface area contributed by atoms with Crippen LogP contribution in [0.1, 0.15) is 73.6 Å². The number of rotatable bonds is 1. The summed E-state index contributed by atoms with van der Waals surface area (Å²) in [6.07, 6.45) is 5.80. The Kier molecular flexibility index (Phi) is 4.10. The van der Waals surface area contributed by atoms with Crippen LogP contribution < -0.4 is 0 Å². The number of carbonyl (C=O) groups is 1. The first-order valence-corrected chi connectivity index (χ1v) is 8.06. The summed E-state index contributed by atoms with van der Waals surface area (Å²) >= 11 is 0. The molecule has 0 aromatic carbocycles. The number of nitrogens with zero attached hydrogens (tertiary/aromatic N) is 1. The molecule has 20 heavy (non-hydrogen) atoms. The van der Waals surface area contributed by atoms with Gasteiger partial charge in [-0.1, -0.05) is 20.8 Å². The molecule has 116 valence electrons. The minimum absolute atomic E-state index is 0.0980. The Morgan fingerprint density at radius 2 is 1.55 bits per heavy atom. The van der Waals surface area contributed by atoms with Gasteiger partial charge in [0.1, 0.15) is 5.60 Å². The third kappa shape index (κ3) is 3.89. The van der Waals surface area contributed by atoms with E-state index in [4.69, 9.17) is 4.74 Å². The molecule has 1 unspecified atom stereocenters. The molecule has 0 N–H and O–H groups in total. The molecule has 0 radical (unpaired) electrons. The van der Waals surface area contributed by atoms with Gasteiger partial charge in [0.2, 0.25) is 0 Å². The van der Waals surface area contributed by atoms with Crippen molar-refractivity contribution in [2.24, 2.45) is 11.3 Å². The van der Waals surface area contributed by atoms with Crippen LogP contribution in [0.4, 0.5) is 4.79 Å². The predicted molar refractivity (Wildman–Crippen MR) is 81.7 cm³/mol. The zero-order chi connectivity index (χ0) is 15.1. The van der Waals surface area contributed by atoms with Gasteiger partial charge in [-0.25, -0.2) is 4.79 Å². The molecule has 0 spiro atoms. The Morgan fingerprint density at radius 1 is 1.05 bits per heavy atom. The lowest BCUT2D eigenvalue weighted by molar-refractivity contribution is -0.000233. The van der Waals surface area contributed by atoms with E-state index in [0.29, 0.717) is 17.5 Å². The number of amides is 1. The maximum absolute atomic E-state index is 12.4. The molecule has 0 aromatic rings. The lowest BCUT2D eigenvalue weighted by Crippen LogP contribution is -2.48. The van der Waals surface area contributed by atoms with E-state index in [1.807, 2.05) is 25.7 Å². The number of piperidine rings is 1. The van der Waals surface area contributed by atoms with Crippen molar-refractivity contribution in [3.05, 3.63) is 0 Å². The SMILES string of the molecule is CC(C)(C)CC1C[C@H]2CC[C@@H](C1)N2C(=O)OC(C)(C)C. The molecular weight excluding hydrogens is 250 g/mol. The summed E-state index contributed by atoms with van der Waals surface area (Å²) in [4.78, 5) is 14.4. The van der Waals surface area contributed by atoms with Crippen molar-refractivity contribution in [1.82, 2.24) is 4.90 Å². The van der Waals surface area contributed by atoms with E-state index in [1.165, 1.54) is 6.42 Å². The summed E-state index contributed by atoms with van der Waals surface area (Å²) in [5.74, 6) is 0.770. The fourth-order valence-electron chi connectivity index (χ4n) is 3.94. The van der Waals surface area contributed by atoms with E-state index in [0.717, 1.165) is 31.6 Å². The first-order chi connectivity index (χ1) is 9.05. The van der Waals surface area contributed by atoms with Crippen molar-refractivity contribution in [2.75, 3.05) is 0 Å². The largest absolute Gasteiger partial charge is 0.444 e. The number of fused-ring (bicyclic) bond motifs is 2. The molecular formula is C17H31NO2. The highest BCUT2D eigenvalue weighted by Crippen LogP contribution is 2.43. The molecule has 2 bridgehead atoms. The highest BCUT2D eigenvalue weighted by atomic mass is 16.6. The van der Waals surface area contributed by atoms with E-state index in [9.17, 15) is 4.79 Å². The van der Waals surface area contributed by atoms with Crippen molar-refractivity contribution in [2.45, 2.75) is 91.3 Å². The number of hydrogen-bond donors (Lipinski definition) is 0. The standard InChI is InChI=1S/C17H31NO2/c1-16(2,3)11-12-9-13-7-8-14(10-12)18(13)15(19)20-17(4,5)6/h12-14H,7-11H2,1-6H3/t12?,13-,14+.